The lowest BCUT2D eigenvalue weighted by atomic mass is 10.0. The summed E-state index contributed by atoms with van der Waals surface area (Å²) in [6.07, 6.45) is -2.46. The Balaban J connectivity index is 3.34. The van der Waals surface area contributed by atoms with Crippen LogP contribution in [0.2, 0.25) is 0 Å². The fourth-order valence-corrected chi connectivity index (χ4v) is 1.47. The van der Waals surface area contributed by atoms with E-state index in [1.54, 1.807) is 0 Å². The second-order valence-electron chi connectivity index (χ2n) is 3.70. The lowest BCUT2D eigenvalue weighted by Crippen LogP contribution is -2.16. The summed E-state index contributed by atoms with van der Waals surface area (Å²) in [7, 11) is 0. The first-order chi connectivity index (χ1) is 9.90. The molecule has 1 unspecified atom stereocenters. The molecule has 0 aromatic heterocycles. The number of hydrogen-bond acceptors (Lipinski definition) is 7. The van der Waals surface area contributed by atoms with Gasteiger partial charge in [-0.05, 0) is 6.07 Å². The number of aliphatic hydroxyl groups excluding tert-OH is 2. The van der Waals surface area contributed by atoms with E-state index in [0.29, 0.717) is 0 Å². The van der Waals surface area contributed by atoms with Crippen molar-refractivity contribution in [2.24, 2.45) is 0 Å². The van der Waals surface area contributed by atoms with Crippen molar-refractivity contribution in [2.75, 3.05) is 6.61 Å². The van der Waals surface area contributed by atoms with Crippen molar-refractivity contribution in [3.05, 3.63) is 42.0 Å². The van der Waals surface area contributed by atoms with Gasteiger partial charge in [-0.15, -0.1) is 0 Å². The van der Waals surface area contributed by atoms with Crippen LogP contribution in [-0.2, 0) is 9.53 Å². The predicted molar refractivity (Wildman–Crippen MR) is 67.8 cm³/mol. The highest BCUT2D eigenvalue weighted by Gasteiger charge is 2.24. The molecule has 8 heteroatoms. The third-order valence-electron chi connectivity index (χ3n) is 2.35. The molecule has 0 aliphatic heterocycles. The monoisotopic (exact) mass is 296 g/mol. The van der Waals surface area contributed by atoms with Gasteiger partial charge in [0.2, 0.25) is 0 Å². The summed E-state index contributed by atoms with van der Waals surface area (Å²) in [5, 5.41) is 27.0. The molecule has 0 heterocycles. The molecule has 0 radical (unpaired) electrons. The van der Waals surface area contributed by atoms with Crippen LogP contribution in [0.4, 0.5) is 4.79 Å². The first-order valence-corrected chi connectivity index (χ1v) is 5.61. The zero-order chi connectivity index (χ0) is 16.0. The van der Waals surface area contributed by atoms with Gasteiger partial charge in [0.1, 0.15) is 11.7 Å². The largest absolute Gasteiger partial charge is 0.513 e. The molecule has 1 aromatic carbocycles. The van der Waals surface area contributed by atoms with Gasteiger partial charge < -0.3 is 24.8 Å². The summed E-state index contributed by atoms with van der Waals surface area (Å²) in [4.78, 5) is 33.3. The van der Waals surface area contributed by atoms with Crippen molar-refractivity contribution in [1.82, 2.24) is 0 Å². The van der Waals surface area contributed by atoms with Gasteiger partial charge in [0.25, 0.3) is 0 Å². The lowest BCUT2D eigenvalue weighted by molar-refractivity contribution is -0.129. The van der Waals surface area contributed by atoms with Crippen molar-refractivity contribution in [1.29, 1.82) is 0 Å². The second-order valence-corrected chi connectivity index (χ2v) is 3.70. The average Bonchev–Trinajstić information content (AvgIpc) is 2.45. The van der Waals surface area contributed by atoms with E-state index in [1.165, 1.54) is 12.1 Å². The summed E-state index contributed by atoms with van der Waals surface area (Å²) >= 11 is 0. The van der Waals surface area contributed by atoms with E-state index in [4.69, 9.17) is 14.9 Å². The standard InChI is InChI=1S/C13H12O8/c1-2-10(16)20-11-7(9(15)6-14)4-3-5-8(11)12(17)21-13(18)19/h2-5,9,14-15H,1,6H2,(H,18,19). The smallest absolute Gasteiger partial charge is 0.449 e. The number of benzene rings is 1. The molecule has 3 N–H and O–H groups in total. The van der Waals surface area contributed by atoms with E-state index < -0.39 is 42.1 Å². The van der Waals surface area contributed by atoms with Gasteiger partial charge in [-0.2, -0.15) is 0 Å². The van der Waals surface area contributed by atoms with Crippen LogP contribution in [0.25, 0.3) is 0 Å². The Morgan fingerprint density at radius 1 is 1.33 bits per heavy atom. The minimum absolute atomic E-state index is 0.0764. The van der Waals surface area contributed by atoms with Gasteiger partial charge in [0.15, 0.2) is 5.75 Å². The zero-order valence-electron chi connectivity index (χ0n) is 10.7. The molecule has 8 nitrogen and oxygen atoms in total. The third kappa shape index (κ3) is 4.13. The Morgan fingerprint density at radius 2 is 2.00 bits per heavy atom. The highest BCUT2D eigenvalue weighted by Crippen LogP contribution is 2.30. The summed E-state index contributed by atoms with van der Waals surface area (Å²) < 4.78 is 8.81. The number of carbonyl (C=O) groups is 3. The number of hydrogen-bond donors (Lipinski definition) is 3. The summed E-state index contributed by atoms with van der Waals surface area (Å²) in [5.41, 5.74) is -0.467. The third-order valence-corrected chi connectivity index (χ3v) is 2.35. The Hall–Kier alpha value is -2.71. The maximum Gasteiger partial charge on any atom is 0.513 e. The molecule has 1 atom stereocenters. The highest BCUT2D eigenvalue weighted by molar-refractivity contribution is 5.98. The summed E-state index contributed by atoms with van der Waals surface area (Å²) in [6.45, 7) is 2.48. The lowest BCUT2D eigenvalue weighted by Gasteiger charge is -2.15. The number of esters is 2. The van der Waals surface area contributed by atoms with Crippen molar-refractivity contribution >= 4 is 18.1 Å². The van der Waals surface area contributed by atoms with Crippen LogP contribution in [0.3, 0.4) is 0 Å². The molecule has 112 valence electrons. The molecule has 0 bridgehead atoms. The van der Waals surface area contributed by atoms with E-state index in [2.05, 4.69) is 11.3 Å². The number of aliphatic hydroxyl groups is 2. The minimum atomic E-state index is -1.84. The van der Waals surface area contributed by atoms with Crippen molar-refractivity contribution in [3.8, 4) is 5.75 Å². The predicted octanol–water partition coefficient (Wildman–Crippen LogP) is 0.638. The van der Waals surface area contributed by atoms with Crippen LogP contribution in [0.15, 0.2) is 30.9 Å². The number of ether oxygens (including phenoxy) is 2. The Kier molecular flexibility index (Phi) is 5.58. The summed E-state index contributed by atoms with van der Waals surface area (Å²) in [6, 6.07) is 3.74. The van der Waals surface area contributed by atoms with Crippen LogP contribution < -0.4 is 4.74 Å². The zero-order valence-corrected chi connectivity index (χ0v) is 10.7. The quantitative estimate of drug-likeness (QED) is 0.312. The number of para-hydroxylation sites is 1. The fraction of sp³-hybridized carbons (Fsp3) is 0.154. The molecule has 0 saturated heterocycles. The molecule has 0 aliphatic carbocycles. The van der Waals surface area contributed by atoms with Crippen LogP contribution in [0, 0.1) is 0 Å². The minimum Gasteiger partial charge on any atom is -0.449 e. The van der Waals surface area contributed by atoms with Crippen LogP contribution in [0.1, 0.15) is 22.0 Å². The SMILES string of the molecule is C=CC(=O)Oc1c(C(=O)OC(=O)O)cccc1C(O)CO. The maximum atomic E-state index is 11.6. The number of carboxylic acid groups (broad SMARTS) is 1. The van der Waals surface area contributed by atoms with Gasteiger partial charge in [-0.3, -0.25) is 0 Å². The first-order valence-electron chi connectivity index (χ1n) is 5.61. The topological polar surface area (TPSA) is 130 Å². The fourth-order valence-electron chi connectivity index (χ4n) is 1.47. The number of carbonyl (C=O) groups excluding carboxylic acids is 2. The average molecular weight is 296 g/mol. The van der Waals surface area contributed by atoms with E-state index in [0.717, 1.165) is 12.1 Å². The number of rotatable bonds is 5. The van der Waals surface area contributed by atoms with Gasteiger partial charge in [-0.25, -0.2) is 14.4 Å². The molecule has 0 saturated carbocycles. The van der Waals surface area contributed by atoms with Crippen LogP contribution in [-0.4, -0.2) is 40.0 Å². The van der Waals surface area contributed by atoms with Crippen molar-refractivity contribution < 1.29 is 39.2 Å². The summed E-state index contributed by atoms with van der Waals surface area (Å²) in [5.74, 6) is -2.63. The van der Waals surface area contributed by atoms with Crippen molar-refractivity contribution in [3.63, 3.8) is 0 Å². The van der Waals surface area contributed by atoms with Crippen LogP contribution >= 0.6 is 0 Å². The van der Waals surface area contributed by atoms with E-state index in [-0.39, 0.29) is 5.56 Å². The molecule has 0 aliphatic rings. The van der Waals surface area contributed by atoms with Crippen molar-refractivity contribution in [2.45, 2.75) is 6.10 Å². The van der Waals surface area contributed by atoms with Gasteiger partial charge in [-0.1, -0.05) is 18.7 Å². The van der Waals surface area contributed by atoms with E-state index in [9.17, 15) is 19.5 Å². The first kappa shape index (κ1) is 16.3. The molecule has 0 spiro atoms. The van der Waals surface area contributed by atoms with Gasteiger partial charge >= 0.3 is 18.1 Å². The molecule has 0 amide bonds. The van der Waals surface area contributed by atoms with Gasteiger partial charge in [0.05, 0.1) is 6.61 Å². The van der Waals surface area contributed by atoms with Crippen LogP contribution in [0.5, 0.6) is 5.75 Å². The molecule has 21 heavy (non-hydrogen) atoms. The molecule has 1 aromatic rings. The Bertz CT molecular complexity index is 578. The second kappa shape index (κ2) is 7.17. The molecule has 0 fully saturated rings. The molecular formula is C13H12O8. The maximum absolute atomic E-state index is 11.6. The molecule has 1 rings (SSSR count). The Labute approximate surface area is 118 Å². The van der Waals surface area contributed by atoms with Gasteiger partial charge in [0, 0.05) is 11.6 Å². The van der Waals surface area contributed by atoms with E-state index >= 15 is 0 Å². The molecular weight excluding hydrogens is 284 g/mol. The Morgan fingerprint density at radius 3 is 2.52 bits per heavy atom. The highest BCUT2D eigenvalue weighted by atomic mass is 16.7. The normalized spacial score (nSPS) is 11.3. The van der Waals surface area contributed by atoms with E-state index in [1.807, 2.05) is 0 Å².